The number of likely N-dealkylation sites (N-methyl/N-ethyl adjacent to an activating group) is 1. The summed E-state index contributed by atoms with van der Waals surface area (Å²) in [6.45, 7) is 8.87. The number of nitrogens with zero attached hydrogens (tertiary/aromatic N) is 5. The van der Waals surface area contributed by atoms with E-state index in [1.807, 2.05) is 20.8 Å². The molecule has 1 aromatic rings. The van der Waals surface area contributed by atoms with Gasteiger partial charge in [-0.1, -0.05) is 11.6 Å². The summed E-state index contributed by atoms with van der Waals surface area (Å²) < 4.78 is 39.8. The molecule has 148 valence electrons. The largest absolute Gasteiger partial charge is 0.417 e. The molecule has 3 rings (SSSR count). The fraction of sp³-hybridized carbons (Fsp3) is 0.556. The zero-order valence-electron chi connectivity index (χ0n) is 15.8. The summed E-state index contributed by atoms with van der Waals surface area (Å²) in [6, 6.07) is 2.02. The first kappa shape index (κ1) is 19.9. The molecule has 0 aromatic heterocycles. The average molecular weight is 402 g/mol. The van der Waals surface area contributed by atoms with E-state index < -0.39 is 11.7 Å². The van der Waals surface area contributed by atoms with Crippen LogP contribution in [0.25, 0.3) is 0 Å². The van der Waals surface area contributed by atoms with Crippen LogP contribution in [0, 0.1) is 0 Å². The third-order valence-corrected chi connectivity index (χ3v) is 5.07. The standard InChI is InChI=1S/C18H23ClF3N5/c1-11(2)24-27-12(3)13-9-14(18(20,21)22)15(19)10-16(13)23-17(27)26-7-5-25(4)6-8-26/h9-10,12H,5-8H2,1-4H3. The molecule has 27 heavy (non-hydrogen) atoms. The fourth-order valence-electron chi connectivity index (χ4n) is 3.26. The normalized spacial score (nSPS) is 21.0. The first-order valence-electron chi connectivity index (χ1n) is 8.82. The van der Waals surface area contributed by atoms with Crippen molar-refractivity contribution in [1.29, 1.82) is 0 Å². The molecule has 2 aliphatic rings. The van der Waals surface area contributed by atoms with Crippen molar-refractivity contribution in [3.63, 3.8) is 0 Å². The van der Waals surface area contributed by atoms with Gasteiger partial charge in [-0.2, -0.15) is 18.3 Å². The number of aliphatic imine (C=N–C) groups is 1. The molecule has 2 heterocycles. The number of rotatable bonds is 1. The number of alkyl halides is 3. The van der Waals surface area contributed by atoms with E-state index in [-0.39, 0.29) is 11.1 Å². The lowest BCUT2D eigenvalue weighted by molar-refractivity contribution is -0.137. The van der Waals surface area contributed by atoms with Gasteiger partial charge in [-0.05, 0) is 40.0 Å². The maximum atomic E-state index is 13.3. The quantitative estimate of drug-likeness (QED) is 0.655. The Labute approximate surface area is 162 Å². The van der Waals surface area contributed by atoms with E-state index in [2.05, 4.69) is 26.9 Å². The van der Waals surface area contributed by atoms with Crippen molar-refractivity contribution in [3.05, 3.63) is 28.3 Å². The molecule has 0 radical (unpaired) electrons. The lowest BCUT2D eigenvalue weighted by Gasteiger charge is -2.41. The molecule has 0 N–H and O–H groups in total. The number of piperazine rings is 1. The van der Waals surface area contributed by atoms with Crippen LogP contribution in [-0.4, -0.2) is 59.7 Å². The summed E-state index contributed by atoms with van der Waals surface area (Å²) in [5.41, 5.74) is 0.895. The van der Waals surface area contributed by atoms with Gasteiger partial charge in [0.2, 0.25) is 5.96 Å². The van der Waals surface area contributed by atoms with Gasteiger partial charge in [-0.15, -0.1) is 0 Å². The molecular weight excluding hydrogens is 379 g/mol. The van der Waals surface area contributed by atoms with Gasteiger partial charge in [0, 0.05) is 37.5 Å². The highest BCUT2D eigenvalue weighted by molar-refractivity contribution is 6.31. The third-order valence-electron chi connectivity index (χ3n) is 4.76. The summed E-state index contributed by atoms with van der Waals surface area (Å²) in [4.78, 5) is 9.00. The summed E-state index contributed by atoms with van der Waals surface area (Å²) in [5.74, 6) is 0.653. The third kappa shape index (κ3) is 4.06. The number of hydrogen-bond donors (Lipinski definition) is 0. The monoisotopic (exact) mass is 401 g/mol. The molecule has 5 nitrogen and oxygen atoms in total. The van der Waals surface area contributed by atoms with Crippen molar-refractivity contribution in [3.8, 4) is 0 Å². The maximum absolute atomic E-state index is 13.3. The van der Waals surface area contributed by atoms with Crippen LogP contribution in [0.2, 0.25) is 5.02 Å². The van der Waals surface area contributed by atoms with Crippen LogP contribution in [0.3, 0.4) is 0 Å². The SMILES string of the molecule is CC(C)=NN1C(N2CCN(C)CC2)=Nc2cc(Cl)c(C(F)(F)F)cc2C1C. The lowest BCUT2D eigenvalue weighted by atomic mass is 10.0. The lowest BCUT2D eigenvalue weighted by Crippen LogP contribution is -2.52. The maximum Gasteiger partial charge on any atom is 0.417 e. The van der Waals surface area contributed by atoms with Crippen molar-refractivity contribution in [2.45, 2.75) is 33.0 Å². The predicted octanol–water partition coefficient (Wildman–Crippen LogP) is 4.37. The minimum Gasteiger partial charge on any atom is -0.338 e. The van der Waals surface area contributed by atoms with Gasteiger partial charge in [-0.25, -0.2) is 10.0 Å². The Morgan fingerprint density at radius 3 is 2.37 bits per heavy atom. The minimum atomic E-state index is -4.51. The van der Waals surface area contributed by atoms with E-state index in [0.717, 1.165) is 38.0 Å². The highest BCUT2D eigenvalue weighted by Gasteiger charge is 2.37. The van der Waals surface area contributed by atoms with E-state index in [0.29, 0.717) is 17.2 Å². The van der Waals surface area contributed by atoms with Crippen LogP contribution in [0.4, 0.5) is 18.9 Å². The topological polar surface area (TPSA) is 34.4 Å². The smallest absolute Gasteiger partial charge is 0.338 e. The second kappa shape index (κ2) is 7.31. The van der Waals surface area contributed by atoms with Crippen LogP contribution >= 0.6 is 11.6 Å². The molecular formula is C18H23ClF3N5. The molecule has 1 atom stereocenters. The first-order valence-corrected chi connectivity index (χ1v) is 9.19. The zero-order chi connectivity index (χ0) is 19.9. The van der Waals surface area contributed by atoms with Gasteiger partial charge < -0.3 is 9.80 Å². The average Bonchev–Trinajstić information content (AvgIpc) is 2.56. The van der Waals surface area contributed by atoms with Gasteiger partial charge in [-0.3, -0.25) is 0 Å². The fourth-order valence-corrected chi connectivity index (χ4v) is 3.53. The highest BCUT2D eigenvalue weighted by Crippen LogP contribution is 2.43. The number of fused-ring (bicyclic) bond motifs is 1. The van der Waals surface area contributed by atoms with Crippen molar-refractivity contribution in [2.24, 2.45) is 10.1 Å². The first-order chi connectivity index (χ1) is 12.6. The number of hydrogen-bond acceptors (Lipinski definition) is 5. The Morgan fingerprint density at radius 1 is 1.19 bits per heavy atom. The summed E-state index contributed by atoms with van der Waals surface area (Å²) >= 11 is 5.92. The van der Waals surface area contributed by atoms with Gasteiger partial charge in [0.15, 0.2) is 0 Å². The van der Waals surface area contributed by atoms with Gasteiger partial charge in [0.1, 0.15) is 0 Å². The molecule has 0 amide bonds. The molecule has 0 bridgehead atoms. The summed E-state index contributed by atoms with van der Waals surface area (Å²) in [6.07, 6.45) is -4.51. The second-order valence-electron chi connectivity index (χ2n) is 7.16. The van der Waals surface area contributed by atoms with Crippen molar-refractivity contribution in [2.75, 3.05) is 33.2 Å². The molecule has 1 saturated heterocycles. The number of halogens is 4. The second-order valence-corrected chi connectivity index (χ2v) is 7.57. The number of hydrazone groups is 1. The Bertz CT molecular complexity index is 778. The molecule has 1 unspecified atom stereocenters. The predicted molar refractivity (Wildman–Crippen MR) is 102 cm³/mol. The summed E-state index contributed by atoms with van der Waals surface area (Å²) in [5, 5.41) is 5.94. The minimum absolute atomic E-state index is 0.335. The van der Waals surface area contributed by atoms with E-state index >= 15 is 0 Å². The van der Waals surface area contributed by atoms with E-state index in [1.54, 1.807) is 5.01 Å². The van der Waals surface area contributed by atoms with E-state index in [1.165, 1.54) is 6.07 Å². The molecule has 1 fully saturated rings. The Morgan fingerprint density at radius 2 is 1.81 bits per heavy atom. The molecule has 0 spiro atoms. The van der Waals surface area contributed by atoms with E-state index in [4.69, 9.17) is 11.6 Å². The molecule has 0 aliphatic carbocycles. The number of benzene rings is 1. The van der Waals surface area contributed by atoms with Gasteiger partial charge in [0.05, 0.1) is 22.3 Å². The van der Waals surface area contributed by atoms with Crippen LogP contribution in [0.1, 0.15) is 37.9 Å². The molecule has 0 saturated carbocycles. The van der Waals surface area contributed by atoms with Crippen molar-refractivity contribution < 1.29 is 13.2 Å². The van der Waals surface area contributed by atoms with Gasteiger partial charge in [0.25, 0.3) is 0 Å². The zero-order valence-corrected chi connectivity index (χ0v) is 16.6. The Balaban J connectivity index is 2.10. The Kier molecular flexibility index (Phi) is 5.40. The van der Waals surface area contributed by atoms with Crippen LogP contribution in [0.15, 0.2) is 22.2 Å². The van der Waals surface area contributed by atoms with Crippen LogP contribution in [-0.2, 0) is 6.18 Å². The van der Waals surface area contributed by atoms with Crippen molar-refractivity contribution in [1.82, 2.24) is 14.8 Å². The Hall–Kier alpha value is -1.80. The molecule has 1 aromatic carbocycles. The van der Waals surface area contributed by atoms with Crippen LogP contribution in [0.5, 0.6) is 0 Å². The molecule has 9 heteroatoms. The van der Waals surface area contributed by atoms with E-state index in [9.17, 15) is 13.2 Å². The summed E-state index contributed by atoms with van der Waals surface area (Å²) in [7, 11) is 2.06. The van der Waals surface area contributed by atoms with Crippen molar-refractivity contribution >= 4 is 29.0 Å². The van der Waals surface area contributed by atoms with Gasteiger partial charge >= 0.3 is 6.18 Å². The van der Waals surface area contributed by atoms with Crippen LogP contribution < -0.4 is 0 Å². The number of guanidine groups is 1. The molecule has 2 aliphatic heterocycles. The highest BCUT2D eigenvalue weighted by atomic mass is 35.5.